The average Bonchev–Trinajstić information content (AvgIpc) is 2.65. The molecule has 1 aliphatic rings. The van der Waals surface area contributed by atoms with Crippen LogP contribution in [0.5, 0.6) is 0 Å². The Bertz CT molecular complexity index is 251. The molecule has 0 saturated carbocycles. The van der Waals surface area contributed by atoms with Crippen molar-refractivity contribution < 1.29 is 0 Å². The van der Waals surface area contributed by atoms with Gasteiger partial charge in [0.2, 0.25) is 0 Å². The monoisotopic (exact) mass is 181 g/mol. The van der Waals surface area contributed by atoms with E-state index >= 15 is 0 Å². The van der Waals surface area contributed by atoms with Crippen LogP contribution in [0, 0.1) is 12.4 Å². The van der Waals surface area contributed by atoms with E-state index in [-0.39, 0.29) is 0 Å². The SMILES string of the molecule is Cc1n[c]sc1CN1CCCC1. The van der Waals surface area contributed by atoms with E-state index in [4.69, 9.17) is 0 Å². The van der Waals surface area contributed by atoms with Crippen LogP contribution in [0.4, 0.5) is 0 Å². The summed E-state index contributed by atoms with van der Waals surface area (Å²) in [5.41, 5.74) is 4.10. The van der Waals surface area contributed by atoms with Gasteiger partial charge < -0.3 is 0 Å². The number of aryl methyl sites for hydroxylation is 1. The summed E-state index contributed by atoms with van der Waals surface area (Å²) in [6.07, 6.45) is 2.73. The van der Waals surface area contributed by atoms with Gasteiger partial charge in [-0.3, -0.25) is 4.90 Å². The van der Waals surface area contributed by atoms with Crippen molar-refractivity contribution in [1.29, 1.82) is 0 Å². The molecule has 3 heteroatoms. The second kappa shape index (κ2) is 3.54. The Morgan fingerprint density at radius 1 is 1.50 bits per heavy atom. The lowest BCUT2D eigenvalue weighted by atomic mass is 10.4. The zero-order valence-corrected chi connectivity index (χ0v) is 8.15. The predicted octanol–water partition coefficient (Wildman–Crippen LogP) is 1.85. The zero-order valence-electron chi connectivity index (χ0n) is 7.34. The first-order valence-corrected chi connectivity index (χ1v) is 5.22. The molecule has 1 fully saturated rings. The number of hydrogen-bond acceptors (Lipinski definition) is 3. The molecule has 0 N–H and O–H groups in total. The quantitative estimate of drug-likeness (QED) is 0.692. The minimum absolute atomic E-state index is 1.09. The molecule has 2 rings (SSSR count). The van der Waals surface area contributed by atoms with Gasteiger partial charge in [-0.2, -0.15) is 0 Å². The molecule has 1 aromatic heterocycles. The van der Waals surface area contributed by atoms with E-state index in [1.54, 1.807) is 11.3 Å². The lowest BCUT2D eigenvalue weighted by Gasteiger charge is -2.12. The summed E-state index contributed by atoms with van der Waals surface area (Å²) in [4.78, 5) is 8.01. The molecule has 0 aromatic carbocycles. The van der Waals surface area contributed by atoms with Crippen LogP contribution in [0.3, 0.4) is 0 Å². The highest BCUT2D eigenvalue weighted by molar-refractivity contribution is 7.09. The lowest BCUT2D eigenvalue weighted by molar-refractivity contribution is 0.333. The Labute approximate surface area is 77.2 Å². The Morgan fingerprint density at radius 2 is 2.25 bits per heavy atom. The normalized spacial score (nSPS) is 18.8. The summed E-state index contributed by atoms with van der Waals surface area (Å²) in [5, 5.41) is 0. The molecule has 2 nitrogen and oxygen atoms in total. The summed E-state index contributed by atoms with van der Waals surface area (Å²) in [5.74, 6) is 0. The smallest absolute Gasteiger partial charge is 0.152 e. The van der Waals surface area contributed by atoms with Gasteiger partial charge in [-0.05, 0) is 32.9 Å². The molecule has 0 atom stereocenters. The highest BCUT2D eigenvalue weighted by Crippen LogP contribution is 2.17. The van der Waals surface area contributed by atoms with Gasteiger partial charge in [0.1, 0.15) is 0 Å². The van der Waals surface area contributed by atoms with E-state index in [2.05, 4.69) is 22.3 Å². The highest BCUT2D eigenvalue weighted by Gasteiger charge is 2.13. The molecule has 0 bridgehead atoms. The van der Waals surface area contributed by atoms with Gasteiger partial charge in [-0.25, -0.2) is 4.98 Å². The number of hydrogen-bond donors (Lipinski definition) is 0. The molecule has 1 radical (unpaired) electrons. The van der Waals surface area contributed by atoms with Crippen molar-refractivity contribution in [3.63, 3.8) is 0 Å². The third-order valence-corrected chi connectivity index (χ3v) is 3.21. The van der Waals surface area contributed by atoms with E-state index in [1.165, 1.54) is 30.8 Å². The van der Waals surface area contributed by atoms with Gasteiger partial charge in [-0.1, -0.05) is 0 Å². The van der Waals surface area contributed by atoms with Crippen molar-refractivity contribution >= 4 is 11.3 Å². The number of likely N-dealkylation sites (tertiary alicyclic amines) is 1. The summed E-state index contributed by atoms with van der Waals surface area (Å²) >= 11 is 1.66. The van der Waals surface area contributed by atoms with Crippen LogP contribution in [-0.2, 0) is 6.54 Å². The summed E-state index contributed by atoms with van der Waals surface area (Å²) < 4.78 is 0. The van der Waals surface area contributed by atoms with E-state index in [0.717, 1.165) is 12.2 Å². The van der Waals surface area contributed by atoms with Crippen molar-refractivity contribution in [3.8, 4) is 0 Å². The Morgan fingerprint density at radius 3 is 2.83 bits per heavy atom. The van der Waals surface area contributed by atoms with E-state index < -0.39 is 0 Å². The van der Waals surface area contributed by atoms with Crippen LogP contribution in [0.2, 0.25) is 0 Å². The molecule has 2 heterocycles. The molecule has 12 heavy (non-hydrogen) atoms. The largest absolute Gasteiger partial charge is 0.298 e. The second-order valence-electron chi connectivity index (χ2n) is 3.30. The molecule has 0 aliphatic carbocycles. The van der Waals surface area contributed by atoms with Crippen LogP contribution in [-0.4, -0.2) is 23.0 Å². The van der Waals surface area contributed by atoms with E-state index in [1.807, 2.05) is 0 Å². The fourth-order valence-electron chi connectivity index (χ4n) is 1.57. The summed E-state index contributed by atoms with van der Waals surface area (Å²) in [7, 11) is 0. The van der Waals surface area contributed by atoms with Gasteiger partial charge in [0.25, 0.3) is 0 Å². The Hall–Kier alpha value is -0.410. The lowest BCUT2D eigenvalue weighted by Crippen LogP contribution is -2.18. The molecule has 1 aliphatic heterocycles. The van der Waals surface area contributed by atoms with Gasteiger partial charge in [0.05, 0.1) is 5.69 Å². The van der Waals surface area contributed by atoms with Crippen LogP contribution < -0.4 is 0 Å². The van der Waals surface area contributed by atoms with Crippen LogP contribution in [0.1, 0.15) is 23.4 Å². The molecular formula is C9H13N2S. The van der Waals surface area contributed by atoms with Crippen molar-refractivity contribution in [3.05, 3.63) is 16.1 Å². The Balaban J connectivity index is 1.98. The molecule has 0 unspecified atom stereocenters. The van der Waals surface area contributed by atoms with E-state index in [0.29, 0.717) is 0 Å². The first-order chi connectivity index (χ1) is 5.86. The standard InChI is InChI=1S/C9H13N2S/c1-8-9(12-7-10-8)6-11-4-2-3-5-11/h2-6H2,1H3. The maximum Gasteiger partial charge on any atom is 0.152 e. The van der Waals surface area contributed by atoms with Crippen molar-refractivity contribution in [1.82, 2.24) is 9.88 Å². The molecule has 0 amide bonds. The summed E-state index contributed by atoms with van der Waals surface area (Å²) in [6.45, 7) is 5.68. The van der Waals surface area contributed by atoms with Gasteiger partial charge in [0.15, 0.2) is 5.51 Å². The summed E-state index contributed by atoms with van der Waals surface area (Å²) in [6, 6.07) is 0. The molecular weight excluding hydrogens is 168 g/mol. The minimum Gasteiger partial charge on any atom is -0.298 e. The van der Waals surface area contributed by atoms with Gasteiger partial charge >= 0.3 is 0 Å². The van der Waals surface area contributed by atoms with E-state index in [9.17, 15) is 0 Å². The maximum atomic E-state index is 4.13. The fraction of sp³-hybridized carbons (Fsp3) is 0.667. The highest BCUT2D eigenvalue weighted by atomic mass is 32.1. The maximum absolute atomic E-state index is 4.13. The van der Waals surface area contributed by atoms with Crippen molar-refractivity contribution in [2.24, 2.45) is 0 Å². The topological polar surface area (TPSA) is 16.1 Å². The third kappa shape index (κ3) is 1.67. The zero-order chi connectivity index (χ0) is 8.39. The molecule has 1 saturated heterocycles. The third-order valence-electron chi connectivity index (χ3n) is 2.35. The van der Waals surface area contributed by atoms with Gasteiger partial charge in [-0.15, -0.1) is 11.3 Å². The van der Waals surface area contributed by atoms with Crippen molar-refractivity contribution in [2.75, 3.05) is 13.1 Å². The van der Waals surface area contributed by atoms with Crippen LogP contribution in [0.15, 0.2) is 0 Å². The van der Waals surface area contributed by atoms with Crippen LogP contribution >= 0.6 is 11.3 Å². The number of thiazole rings is 1. The molecule has 0 spiro atoms. The first kappa shape index (κ1) is 8.20. The molecule has 65 valence electrons. The van der Waals surface area contributed by atoms with Gasteiger partial charge in [0, 0.05) is 11.4 Å². The average molecular weight is 181 g/mol. The Kier molecular flexibility index (Phi) is 2.42. The predicted molar refractivity (Wildman–Crippen MR) is 50.2 cm³/mol. The number of aromatic nitrogens is 1. The van der Waals surface area contributed by atoms with Crippen molar-refractivity contribution in [2.45, 2.75) is 26.3 Å². The second-order valence-corrected chi connectivity index (χ2v) is 4.18. The number of nitrogens with zero attached hydrogens (tertiary/aromatic N) is 2. The number of rotatable bonds is 2. The minimum atomic E-state index is 1.09. The molecule has 1 aromatic rings. The fourth-order valence-corrected chi connectivity index (χ4v) is 2.31. The first-order valence-electron chi connectivity index (χ1n) is 4.41. The van der Waals surface area contributed by atoms with Crippen LogP contribution in [0.25, 0.3) is 0 Å².